The highest BCUT2D eigenvalue weighted by atomic mass is 19.1. The third-order valence-electron chi connectivity index (χ3n) is 8.20. The molecule has 0 radical (unpaired) electrons. The van der Waals surface area contributed by atoms with Gasteiger partial charge in [0.1, 0.15) is 23.1 Å². The number of hydrogen-bond donors (Lipinski definition) is 1. The monoisotopic (exact) mass is 512 g/mol. The van der Waals surface area contributed by atoms with Gasteiger partial charge in [-0.2, -0.15) is 0 Å². The lowest BCUT2D eigenvalue weighted by molar-refractivity contribution is 0.184. The molecular formula is C29H33FN8. The summed E-state index contributed by atoms with van der Waals surface area (Å²) in [7, 11) is 0. The molecule has 3 saturated heterocycles. The first kappa shape index (κ1) is 23.5. The maximum Gasteiger partial charge on any atom is 0.154 e. The number of hydrogen-bond acceptors (Lipinski definition) is 7. The molecule has 1 aromatic carbocycles. The van der Waals surface area contributed by atoms with E-state index in [-0.39, 0.29) is 11.9 Å². The van der Waals surface area contributed by atoms with Crippen molar-refractivity contribution in [2.24, 2.45) is 5.92 Å². The molecule has 0 aliphatic carbocycles. The molecule has 4 aromatic rings. The van der Waals surface area contributed by atoms with Crippen LogP contribution in [0.15, 0.2) is 60.8 Å². The standard InChI is InChI=1S/C29H33FN8/c30-23-5-1-4-22(16-23)25-7-3-11-37(25)29-10-9-27-32-19-26(38(27)34-29)24-6-2-8-28(33-24)36-14-12-35(13-15-36)20-21-17-31-18-21/h1-2,4-6,8-10,16,19,21,25,31H,3,7,11-15,17-18,20H2/t25-/m1/s1. The lowest BCUT2D eigenvalue weighted by Crippen LogP contribution is -2.53. The van der Waals surface area contributed by atoms with Crippen LogP contribution in [0.2, 0.25) is 0 Å². The van der Waals surface area contributed by atoms with E-state index in [1.54, 1.807) is 12.1 Å². The molecule has 6 heterocycles. The normalized spacial score (nSPS) is 20.8. The minimum absolute atomic E-state index is 0.114. The molecule has 0 spiro atoms. The topological polar surface area (TPSA) is 64.8 Å². The third-order valence-corrected chi connectivity index (χ3v) is 8.20. The van der Waals surface area contributed by atoms with Crippen LogP contribution in [0.1, 0.15) is 24.4 Å². The predicted octanol–water partition coefficient (Wildman–Crippen LogP) is 3.61. The fourth-order valence-corrected chi connectivity index (χ4v) is 6.04. The minimum atomic E-state index is -0.197. The number of imidazole rings is 1. The van der Waals surface area contributed by atoms with Crippen molar-refractivity contribution >= 4 is 17.3 Å². The van der Waals surface area contributed by atoms with Crippen LogP contribution in [0.5, 0.6) is 0 Å². The Hall–Kier alpha value is -3.56. The summed E-state index contributed by atoms with van der Waals surface area (Å²) < 4.78 is 15.8. The highest BCUT2D eigenvalue weighted by molar-refractivity contribution is 5.62. The average Bonchev–Trinajstić information content (AvgIpc) is 3.58. The van der Waals surface area contributed by atoms with E-state index in [0.717, 1.165) is 98.8 Å². The lowest BCUT2D eigenvalue weighted by atomic mass is 10.0. The largest absolute Gasteiger partial charge is 0.354 e. The van der Waals surface area contributed by atoms with Gasteiger partial charge in [-0.1, -0.05) is 18.2 Å². The molecule has 1 atom stereocenters. The van der Waals surface area contributed by atoms with Crippen molar-refractivity contribution in [2.75, 3.05) is 62.2 Å². The Morgan fingerprint density at radius 2 is 1.79 bits per heavy atom. The molecule has 0 unspecified atom stereocenters. The number of pyridine rings is 1. The van der Waals surface area contributed by atoms with Gasteiger partial charge in [0.05, 0.1) is 17.9 Å². The number of piperazine rings is 1. The van der Waals surface area contributed by atoms with E-state index in [2.05, 4.69) is 37.1 Å². The highest BCUT2D eigenvalue weighted by Gasteiger charge is 2.28. The number of anilines is 2. The van der Waals surface area contributed by atoms with Gasteiger partial charge in [-0.15, -0.1) is 5.10 Å². The van der Waals surface area contributed by atoms with E-state index in [0.29, 0.717) is 0 Å². The maximum atomic E-state index is 13.9. The summed E-state index contributed by atoms with van der Waals surface area (Å²) in [4.78, 5) is 16.9. The summed E-state index contributed by atoms with van der Waals surface area (Å²) in [5, 5.41) is 8.38. The zero-order valence-corrected chi connectivity index (χ0v) is 21.5. The molecule has 3 aliphatic rings. The van der Waals surface area contributed by atoms with E-state index < -0.39 is 0 Å². The number of fused-ring (bicyclic) bond motifs is 1. The Morgan fingerprint density at radius 3 is 2.61 bits per heavy atom. The summed E-state index contributed by atoms with van der Waals surface area (Å²) in [6.45, 7) is 8.52. The number of rotatable bonds is 6. The molecule has 196 valence electrons. The van der Waals surface area contributed by atoms with E-state index in [1.165, 1.54) is 12.6 Å². The minimum Gasteiger partial charge on any atom is -0.354 e. The van der Waals surface area contributed by atoms with Crippen molar-refractivity contribution in [3.05, 3.63) is 72.2 Å². The number of nitrogens with one attached hydrogen (secondary N) is 1. The van der Waals surface area contributed by atoms with Gasteiger partial charge < -0.3 is 15.1 Å². The molecule has 3 aromatic heterocycles. The Balaban J connectivity index is 1.13. The first-order valence-corrected chi connectivity index (χ1v) is 13.7. The fraction of sp³-hybridized carbons (Fsp3) is 0.414. The predicted molar refractivity (Wildman–Crippen MR) is 147 cm³/mol. The Kier molecular flexibility index (Phi) is 6.17. The quantitative estimate of drug-likeness (QED) is 0.423. The van der Waals surface area contributed by atoms with Gasteiger partial charge in [0.2, 0.25) is 0 Å². The Bertz CT molecular complexity index is 1430. The zero-order chi connectivity index (χ0) is 25.5. The third kappa shape index (κ3) is 4.50. The van der Waals surface area contributed by atoms with Gasteiger partial charge in [-0.3, -0.25) is 4.90 Å². The molecule has 0 bridgehead atoms. The van der Waals surface area contributed by atoms with E-state index in [1.807, 2.05) is 35.0 Å². The van der Waals surface area contributed by atoms with Crippen molar-refractivity contribution in [2.45, 2.75) is 18.9 Å². The number of nitrogens with zero attached hydrogens (tertiary/aromatic N) is 7. The molecular weight excluding hydrogens is 479 g/mol. The van der Waals surface area contributed by atoms with Gasteiger partial charge in [0, 0.05) is 52.4 Å². The highest BCUT2D eigenvalue weighted by Crippen LogP contribution is 2.35. The number of benzene rings is 1. The molecule has 3 fully saturated rings. The van der Waals surface area contributed by atoms with Crippen LogP contribution in [0.25, 0.3) is 17.0 Å². The van der Waals surface area contributed by atoms with E-state index in [9.17, 15) is 4.39 Å². The average molecular weight is 513 g/mol. The smallest absolute Gasteiger partial charge is 0.154 e. The first-order chi connectivity index (χ1) is 18.7. The molecule has 1 N–H and O–H groups in total. The molecule has 38 heavy (non-hydrogen) atoms. The summed E-state index contributed by atoms with van der Waals surface area (Å²) in [6.07, 6.45) is 3.89. The van der Waals surface area contributed by atoms with Gasteiger partial charge in [-0.25, -0.2) is 18.9 Å². The van der Waals surface area contributed by atoms with Gasteiger partial charge in [0.25, 0.3) is 0 Å². The van der Waals surface area contributed by atoms with Crippen molar-refractivity contribution in [1.29, 1.82) is 0 Å². The SMILES string of the molecule is Fc1cccc([C@H]2CCCN2c2ccc3ncc(-c4cccc(N5CCN(CC6CNC6)CC5)n4)n3n2)c1. The molecule has 7 rings (SSSR count). The summed E-state index contributed by atoms with van der Waals surface area (Å²) in [6, 6.07) is 17.3. The van der Waals surface area contributed by atoms with Crippen LogP contribution >= 0.6 is 0 Å². The second kappa shape index (κ2) is 9.96. The van der Waals surface area contributed by atoms with Crippen LogP contribution in [-0.4, -0.2) is 76.8 Å². The second-order valence-electron chi connectivity index (χ2n) is 10.7. The second-order valence-corrected chi connectivity index (χ2v) is 10.7. The van der Waals surface area contributed by atoms with Gasteiger partial charge >= 0.3 is 0 Å². The van der Waals surface area contributed by atoms with Crippen molar-refractivity contribution in [1.82, 2.24) is 29.8 Å². The van der Waals surface area contributed by atoms with Crippen molar-refractivity contribution in [3.8, 4) is 11.4 Å². The first-order valence-electron chi connectivity index (χ1n) is 13.7. The van der Waals surface area contributed by atoms with Crippen LogP contribution in [-0.2, 0) is 0 Å². The van der Waals surface area contributed by atoms with Gasteiger partial charge in [0.15, 0.2) is 5.65 Å². The molecule has 3 aliphatic heterocycles. The Morgan fingerprint density at radius 1 is 0.921 bits per heavy atom. The van der Waals surface area contributed by atoms with Crippen LogP contribution in [0, 0.1) is 11.7 Å². The van der Waals surface area contributed by atoms with Crippen molar-refractivity contribution in [3.63, 3.8) is 0 Å². The lowest BCUT2D eigenvalue weighted by Gasteiger charge is -2.39. The van der Waals surface area contributed by atoms with Crippen molar-refractivity contribution < 1.29 is 4.39 Å². The van der Waals surface area contributed by atoms with E-state index in [4.69, 9.17) is 10.1 Å². The van der Waals surface area contributed by atoms with Crippen LogP contribution < -0.4 is 15.1 Å². The number of aromatic nitrogens is 4. The summed E-state index contributed by atoms with van der Waals surface area (Å²) in [5.74, 6) is 2.49. The molecule has 8 nitrogen and oxygen atoms in total. The van der Waals surface area contributed by atoms with Crippen LogP contribution in [0.4, 0.5) is 16.0 Å². The molecule has 9 heteroatoms. The van der Waals surface area contributed by atoms with Gasteiger partial charge in [-0.05, 0) is 60.7 Å². The summed E-state index contributed by atoms with van der Waals surface area (Å²) in [5.41, 5.74) is 3.53. The zero-order valence-electron chi connectivity index (χ0n) is 21.5. The fourth-order valence-electron chi connectivity index (χ4n) is 6.04. The van der Waals surface area contributed by atoms with E-state index >= 15 is 0 Å². The summed E-state index contributed by atoms with van der Waals surface area (Å²) >= 11 is 0. The molecule has 0 saturated carbocycles. The van der Waals surface area contributed by atoms with Crippen LogP contribution in [0.3, 0.4) is 0 Å². The molecule has 0 amide bonds. The number of halogens is 1. The Labute approximate surface area is 222 Å². The maximum absolute atomic E-state index is 13.9.